The van der Waals surface area contributed by atoms with Crippen LogP contribution in [-0.2, 0) is 0 Å². The second-order valence-electron chi connectivity index (χ2n) is 3.83. The van der Waals surface area contributed by atoms with Crippen molar-refractivity contribution in [1.82, 2.24) is 10.2 Å². The maximum Gasteiger partial charge on any atom is 0.149 e. The molecule has 1 rings (SSSR count). The topological polar surface area (TPSA) is 58.0 Å². The van der Waals surface area contributed by atoms with Gasteiger partial charge >= 0.3 is 0 Å². The van der Waals surface area contributed by atoms with Gasteiger partial charge < -0.3 is 10.4 Å². The van der Waals surface area contributed by atoms with Crippen molar-refractivity contribution in [2.24, 2.45) is 0 Å². The van der Waals surface area contributed by atoms with E-state index in [4.69, 9.17) is 0 Å². The maximum atomic E-state index is 9.38. The van der Waals surface area contributed by atoms with Crippen molar-refractivity contribution in [1.29, 1.82) is 0 Å². The number of hydrogen-bond acceptors (Lipinski definition) is 4. The molecule has 0 spiro atoms. The van der Waals surface area contributed by atoms with Crippen molar-refractivity contribution in [3.05, 3.63) is 17.8 Å². The smallest absolute Gasteiger partial charge is 0.149 e. The quantitative estimate of drug-likeness (QED) is 0.775. The Labute approximate surface area is 90.7 Å². The summed E-state index contributed by atoms with van der Waals surface area (Å²) in [6, 6.07) is 3.79. The lowest BCUT2D eigenvalue weighted by Crippen LogP contribution is -2.41. The number of nitrogens with zero attached hydrogens (tertiary/aromatic N) is 2. The van der Waals surface area contributed by atoms with E-state index in [0.29, 0.717) is 0 Å². The molecule has 0 unspecified atom stereocenters. The number of aliphatic hydroxyl groups excluding tert-OH is 1. The van der Waals surface area contributed by atoms with Gasteiger partial charge in [0.25, 0.3) is 0 Å². The monoisotopic (exact) mass is 209 g/mol. The molecule has 4 heteroatoms. The van der Waals surface area contributed by atoms with Crippen molar-refractivity contribution in [2.45, 2.75) is 39.2 Å². The van der Waals surface area contributed by atoms with Crippen LogP contribution in [0, 0.1) is 6.92 Å². The molecule has 0 bridgehead atoms. The van der Waals surface area contributed by atoms with E-state index in [1.807, 2.05) is 32.9 Å². The van der Waals surface area contributed by atoms with Crippen molar-refractivity contribution >= 4 is 5.82 Å². The highest BCUT2D eigenvalue weighted by Gasteiger charge is 2.25. The Balaban J connectivity index is 2.78. The van der Waals surface area contributed by atoms with Gasteiger partial charge in [0, 0.05) is 0 Å². The summed E-state index contributed by atoms with van der Waals surface area (Å²) in [4.78, 5) is 0. The van der Waals surface area contributed by atoms with Gasteiger partial charge in [0.1, 0.15) is 5.82 Å². The number of aryl methyl sites for hydroxylation is 1. The number of aromatic nitrogens is 2. The second kappa shape index (κ2) is 5.07. The van der Waals surface area contributed by atoms with Crippen LogP contribution in [0.2, 0.25) is 0 Å². The molecule has 2 N–H and O–H groups in total. The zero-order chi connectivity index (χ0) is 11.3. The third kappa shape index (κ3) is 2.89. The van der Waals surface area contributed by atoms with Crippen LogP contribution in [0.5, 0.6) is 0 Å². The fraction of sp³-hybridized carbons (Fsp3) is 0.636. The summed E-state index contributed by atoms with van der Waals surface area (Å²) in [5.74, 6) is 0.721. The Kier molecular flexibility index (Phi) is 4.03. The van der Waals surface area contributed by atoms with E-state index in [9.17, 15) is 5.11 Å². The highest BCUT2D eigenvalue weighted by molar-refractivity contribution is 5.36. The van der Waals surface area contributed by atoms with Gasteiger partial charge in [-0.25, -0.2) is 0 Å². The first-order valence-electron chi connectivity index (χ1n) is 5.35. The molecule has 0 amide bonds. The zero-order valence-corrected chi connectivity index (χ0v) is 9.62. The number of hydrogen-bond donors (Lipinski definition) is 2. The Morgan fingerprint density at radius 1 is 1.27 bits per heavy atom. The molecule has 0 saturated heterocycles. The predicted octanol–water partition coefficient (Wildman–Crippen LogP) is 1.75. The molecule has 0 radical (unpaired) electrons. The fourth-order valence-corrected chi connectivity index (χ4v) is 1.43. The average Bonchev–Trinajstić information content (AvgIpc) is 2.29. The summed E-state index contributed by atoms with van der Waals surface area (Å²) in [7, 11) is 0. The molecule has 4 nitrogen and oxygen atoms in total. The van der Waals surface area contributed by atoms with E-state index in [1.54, 1.807) is 0 Å². The largest absolute Gasteiger partial charge is 0.394 e. The van der Waals surface area contributed by atoms with Gasteiger partial charge in [0.05, 0.1) is 17.8 Å². The third-order valence-corrected chi connectivity index (χ3v) is 2.85. The highest BCUT2D eigenvalue weighted by atomic mass is 16.3. The number of nitrogens with one attached hydrogen (secondary N) is 1. The van der Waals surface area contributed by atoms with E-state index >= 15 is 0 Å². The number of rotatable bonds is 5. The standard InChI is InChI=1S/C11H19N3O/c1-4-11(5-2,8-15)12-10-7-6-9(3)13-14-10/h6-7,15H,4-5,8H2,1-3H3,(H,12,14). The van der Waals surface area contributed by atoms with Gasteiger partial charge in [-0.15, -0.1) is 5.10 Å². The molecule has 1 aromatic rings. The number of anilines is 1. The molecule has 0 aliphatic heterocycles. The van der Waals surface area contributed by atoms with Crippen molar-refractivity contribution in [2.75, 3.05) is 11.9 Å². The van der Waals surface area contributed by atoms with Gasteiger partial charge in [-0.1, -0.05) is 13.8 Å². The molecule has 1 heterocycles. The van der Waals surface area contributed by atoms with E-state index in [1.165, 1.54) is 0 Å². The molecule has 0 saturated carbocycles. The Morgan fingerprint density at radius 2 is 1.93 bits per heavy atom. The number of aliphatic hydroxyl groups is 1. The highest BCUT2D eigenvalue weighted by Crippen LogP contribution is 2.19. The van der Waals surface area contributed by atoms with Gasteiger partial charge in [-0.3, -0.25) is 0 Å². The molecule has 84 valence electrons. The SMILES string of the molecule is CCC(CC)(CO)Nc1ccc(C)nn1. The maximum absolute atomic E-state index is 9.38. The molecule has 1 aromatic heterocycles. The minimum Gasteiger partial charge on any atom is -0.394 e. The Hall–Kier alpha value is -1.16. The Bertz CT molecular complexity index is 285. The van der Waals surface area contributed by atoms with Crippen LogP contribution >= 0.6 is 0 Å². The summed E-state index contributed by atoms with van der Waals surface area (Å²) in [6.07, 6.45) is 1.71. The lowest BCUT2D eigenvalue weighted by molar-refractivity contribution is 0.202. The van der Waals surface area contributed by atoms with Crippen LogP contribution in [0.25, 0.3) is 0 Å². The first-order valence-corrected chi connectivity index (χ1v) is 5.35. The predicted molar refractivity (Wildman–Crippen MR) is 60.8 cm³/mol. The lowest BCUT2D eigenvalue weighted by Gasteiger charge is -2.31. The van der Waals surface area contributed by atoms with Crippen LogP contribution in [0.4, 0.5) is 5.82 Å². The van der Waals surface area contributed by atoms with Gasteiger partial charge in [-0.05, 0) is 31.9 Å². The van der Waals surface area contributed by atoms with Crippen LogP contribution in [0.1, 0.15) is 32.4 Å². The second-order valence-corrected chi connectivity index (χ2v) is 3.83. The van der Waals surface area contributed by atoms with E-state index in [2.05, 4.69) is 15.5 Å². The van der Waals surface area contributed by atoms with Crippen molar-refractivity contribution in [3.8, 4) is 0 Å². The van der Waals surface area contributed by atoms with E-state index in [0.717, 1.165) is 24.4 Å². The van der Waals surface area contributed by atoms with Crippen LogP contribution in [0.15, 0.2) is 12.1 Å². The lowest BCUT2D eigenvalue weighted by atomic mass is 9.94. The molecule has 0 fully saturated rings. The minimum absolute atomic E-state index is 0.107. The van der Waals surface area contributed by atoms with Crippen molar-refractivity contribution in [3.63, 3.8) is 0 Å². The Morgan fingerprint density at radius 3 is 2.33 bits per heavy atom. The summed E-state index contributed by atoms with van der Waals surface area (Å²) < 4.78 is 0. The van der Waals surface area contributed by atoms with Crippen LogP contribution in [-0.4, -0.2) is 27.4 Å². The molecule has 0 aliphatic carbocycles. The van der Waals surface area contributed by atoms with E-state index in [-0.39, 0.29) is 12.1 Å². The minimum atomic E-state index is -0.274. The molecule has 15 heavy (non-hydrogen) atoms. The first kappa shape index (κ1) is 11.9. The summed E-state index contributed by atoms with van der Waals surface area (Å²) >= 11 is 0. The van der Waals surface area contributed by atoms with E-state index < -0.39 is 0 Å². The molecular weight excluding hydrogens is 190 g/mol. The normalized spacial score (nSPS) is 11.5. The summed E-state index contributed by atoms with van der Waals surface area (Å²) in [6.45, 7) is 6.11. The molecule has 0 atom stereocenters. The van der Waals surface area contributed by atoms with Gasteiger partial charge in [0.2, 0.25) is 0 Å². The van der Waals surface area contributed by atoms with Gasteiger partial charge in [0.15, 0.2) is 0 Å². The first-order chi connectivity index (χ1) is 7.15. The zero-order valence-electron chi connectivity index (χ0n) is 9.62. The van der Waals surface area contributed by atoms with Crippen molar-refractivity contribution < 1.29 is 5.11 Å². The van der Waals surface area contributed by atoms with Crippen LogP contribution < -0.4 is 5.32 Å². The third-order valence-electron chi connectivity index (χ3n) is 2.85. The van der Waals surface area contributed by atoms with Gasteiger partial charge in [-0.2, -0.15) is 5.10 Å². The van der Waals surface area contributed by atoms with Crippen LogP contribution in [0.3, 0.4) is 0 Å². The summed E-state index contributed by atoms with van der Waals surface area (Å²) in [5.41, 5.74) is 0.618. The molecule has 0 aliphatic rings. The molecule has 0 aromatic carbocycles. The summed E-state index contributed by atoms with van der Waals surface area (Å²) in [5, 5.41) is 20.6. The average molecular weight is 209 g/mol. The fourth-order valence-electron chi connectivity index (χ4n) is 1.43. The molecular formula is C11H19N3O.